The van der Waals surface area contributed by atoms with Crippen LogP contribution in [0.2, 0.25) is 0 Å². The van der Waals surface area contributed by atoms with Crippen molar-refractivity contribution in [3.05, 3.63) is 0 Å². The van der Waals surface area contributed by atoms with Crippen molar-refractivity contribution in [3.8, 4) is 0 Å². The first-order chi connectivity index (χ1) is 11.0. The number of nitrogens with one attached hydrogen (secondary N) is 2. The van der Waals surface area contributed by atoms with Gasteiger partial charge in [-0.2, -0.15) is 0 Å². The molecule has 0 radical (unpaired) electrons. The van der Waals surface area contributed by atoms with Gasteiger partial charge in [-0.25, -0.2) is 4.79 Å². The zero-order valence-corrected chi connectivity index (χ0v) is 14.5. The molecule has 1 heterocycles. The highest BCUT2D eigenvalue weighted by molar-refractivity contribution is 5.75. The summed E-state index contributed by atoms with van der Waals surface area (Å²) in [6.45, 7) is 5.30. The Morgan fingerprint density at radius 2 is 2.00 bits per heavy atom. The molecular formula is C18H32N2O3. The normalized spacial score (nSPS) is 34.3. The summed E-state index contributed by atoms with van der Waals surface area (Å²) in [7, 11) is 0. The third-order valence-electron chi connectivity index (χ3n) is 6.36. The molecule has 3 fully saturated rings. The van der Waals surface area contributed by atoms with Crippen LogP contribution >= 0.6 is 0 Å². The van der Waals surface area contributed by atoms with Gasteiger partial charge in [0.2, 0.25) is 0 Å². The molecule has 2 amide bonds. The molecule has 3 aliphatic rings. The molecule has 1 saturated heterocycles. The van der Waals surface area contributed by atoms with Gasteiger partial charge in [0.15, 0.2) is 0 Å². The number of urea groups is 1. The van der Waals surface area contributed by atoms with Crippen LogP contribution < -0.4 is 10.6 Å². The number of hydrogen-bond acceptors (Lipinski definition) is 3. The molecule has 3 N–H and O–H groups in total. The number of carbonyl (C=O) groups is 1. The van der Waals surface area contributed by atoms with E-state index < -0.39 is 0 Å². The quantitative estimate of drug-likeness (QED) is 0.727. The second-order valence-corrected chi connectivity index (χ2v) is 8.18. The van der Waals surface area contributed by atoms with Crippen molar-refractivity contribution in [1.29, 1.82) is 0 Å². The smallest absolute Gasteiger partial charge is 0.315 e. The molecule has 2 aliphatic carbocycles. The van der Waals surface area contributed by atoms with Crippen molar-refractivity contribution < 1.29 is 14.6 Å². The van der Waals surface area contributed by atoms with Crippen LogP contribution in [0.1, 0.15) is 58.8 Å². The Labute approximate surface area is 139 Å². The van der Waals surface area contributed by atoms with E-state index in [2.05, 4.69) is 24.5 Å². The second kappa shape index (κ2) is 6.98. The fourth-order valence-electron chi connectivity index (χ4n) is 5.07. The van der Waals surface area contributed by atoms with Gasteiger partial charge in [-0.05, 0) is 31.6 Å². The SMILES string of the molecule is CC1(C)C(NC(=O)NC(CCO)C2CCCCC2)C2CCOC21. The van der Waals surface area contributed by atoms with E-state index in [1.165, 1.54) is 32.1 Å². The Bertz CT molecular complexity index is 420. The van der Waals surface area contributed by atoms with Crippen LogP contribution in [0.15, 0.2) is 0 Å². The van der Waals surface area contributed by atoms with E-state index in [1.54, 1.807) is 0 Å². The predicted octanol–water partition coefficient (Wildman–Crippen LogP) is 2.43. The molecule has 0 aromatic rings. The molecule has 23 heavy (non-hydrogen) atoms. The molecule has 4 atom stereocenters. The Morgan fingerprint density at radius 1 is 1.26 bits per heavy atom. The molecule has 0 aromatic carbocycles. The maximum Gasteiger partial charge on any atom is 0.315 e. The Kier molecular flexibility index (Phi) is 5.16. The Hall–Kier alpha value is -0.810. The number of fused-ring (bicyclic) bond motifs is 1. The number of amides is 2. The summed E-state index contributed by atoms with van der Waals surface area (Å²) in [6.07, 6.45) is 8.10. The van der Waals surface area contributed by atoms with E-state index in [4.69, 9.17) is 4.74 Å². The van der Waals surface area contributed by atoms with Crippen LogP contribution in [0.5, 0.6) is 0 Å². The first-order valence-corrected chi connectivity index (χ1v) is 9.33. The predicted molar refractivity (Wildman–Crippen MR) is 89.1 cm³/mol. The van der Waals surface area contributed by atoms with Crippen LogP contribution in [0, 0.1) is 17.3 Å². The third kappa shape index (κ3) is 3.36. The van der Waals surface area contributed by atoms with Crippen molar-refractivity contribution in [2.75, 3.05) is 13.2 Å². The lowest BCUT2D eigenvalue weighted by atomic mass is 9.57. The van der Waals surface area contributed by atoms with Gasteiger partial charge < -0.3 is 20.5 Å². The Morgan fingerprint density at radius 3 is 2.70 bits per heavy atom. The van der Waals surface area contributed by atoms with Gasteiger partial charge in [0.25, 0.3) is 0 Å². The van der Waals surface area contributed by atoms with E-state index in [9.17, 15) is 9.90 Å². The van der Waals surface area contributed by atoms with Gasteiger partial charge in [-0.3, -0.25) is 0 Å². The number of aliphatic hydroxyl groups excluding tert-OH is 1. The zero-order valence-electron chi connectivity index (χ0n) is 14.5. The molecule has 2 saturated carbocycles. The maximum atomic E-state index is 12.5. The first kappa shape index (κ1) is 17.0. The summed E-state index contributed by atoms with van der Waals surface area (Å²) in [6, 6.07) is 0.215. The van der Waals surface area contributed by atoms with E-state index in [-0.39, 0.29) is 30.1 Å². The van der Waals surface area contributed by atoms with E-state index in [1.807, 2.05) is 0 Å². The summed E-state index contributed by atoms with van der Waals surface area (Å²) in [5.41, 5.74) is 0.00974. The molecule has 0 aromatic heterocycles. The summed E-state index contributed by atoms with van der Waals surface area (Å²) in [5.74, 6) is 0.973. The highest BCUT2D eigenvalue weighted by atomic mass is 16.5. The van der Waals surface area contributed by atoms with Crippen molar-refractivity contribution in [2.45, 2.75) is 77.0 Å². The molecule has 132 valence electrons. The summed E-state index contributed by atoms with van der Waals surface area (Å²) in [4.78, 5) is 12.5. The van der Waals surface area contributed by atoms with Crippen molar-refractivity contribution in [2.24, 2.45) is 17.3 Å². The van der Waals surface area contributed by atoms with Crippen LogP contribution in [0.25, 0.3) is 0 Å². The highest BCUT2D eigenvalue weighted by Crippen LogP contribution is 2.52. The average Bonchev–Trinajstić information content (AvgIpc) is 3.00. The Balaban J connectivity index is 1.54. The summed E-state index contributed by atoms with van der Waals surface area (Å²) >= 11 is 0. The maximum absolute atomic E-state index is 12.5. The van der Waals surface area contributed by atoms with Crippen LogP contribution in [0.3, 0.4) is 0 Å². The topological polar surface area (TPSA) is 70.6 Å². The zero-order chi connectivity index (χ0) is 16.4. The van der Waals surface area contributed by atoms with E-state index in [0.29, 0.717) is 24.4 Å². The van der Waals surface area contributed by atoms with E-state index in [0.717, 1.165) is 13.0 Å². The fraction of sp³-hybridized carbons (Fsp3) is 0.944. The van der Waals surface area contributed by atoms with Crippen LogP contribution in [0.4, 0.5) is 4.79 Å². The summed E-state index contributed by atoms with van der Waals surface area (Å²) in [5, 5.41) is 15.7. The largest absolute Gasteiger partial charge is 0.396 e. The molecular weight excluding hydrogens is 292 g/mol. The lowest BCUT2D eigenvalue weighted by Gasteiger charge is -2.54. The van der Waals surface area contributed by atoms with Crippen LogP contribution in [-0.2, 0) is 4.74 Å². The number of rotatable bonds is 5. The highest BCUT2D eigenvalue weighted by Gasteiger charge is 2.59. The minimum atomic E-state index is -0.0718. The first-order valence-electron chi connectivity index (χ1n) is 9.33. The fourth-order valence-corrected chi connectivity index (χ4v) is 5.07. The van der Waals surface area contributed by atoms with E-state index >= 15 is 0 Å². The monoisotopic (exact) mass is 324 g/mol. The molecule has 3 rings (SSSR count). The number of aliphatic hydroxyl groups is 1. The molecule has 4 unspecified atom stereocenters. The minimum absolute atomic E-state index is 0.00974. The number of hydrogen-bond donors (Lipinski definition) is 3. The average molecular weight is 324 g/mol. The molecule has 0 spiro atoms. The second-order valence-electron chi connectivity index (χ2n) is 8.18. The lowest BCUT2D eigenvalue weighted by Crippen LogP contribution is -2.68. The number of ether oxygens (including phenoxy) is 1. The van der Waals surface area contributed by atoms with Gasteiger partial charge in [0.05, 0.1) is 6.10 Å². The van der Waals surface area contributed by atoms with Gasteiger partial charge in [0, 0.05) is 36.6 Å². The van der Waals surface area contributed by atoms with Gasteiger partial charge in [0.1, 0.15) is 0 Å². The van der Waals surface area contributed by atoms with Gasteiger partial charge in [-0.1, -0.05) is 33.1 Å². The third-order valence-corrected chi connectivity index (χ3v) is 6.36. The number of carbonyl (C=O) groups excluding carboxylic acids is 1. The molecule has 1 aliphatic heterocycles. The minimum Gasteiger partial charge on any atom is -0.396 e. The summed E-state index contributed by atoms with van der Waals surface area (Å²) < 4.78 is 5.79. The van der Waals surface area contributed by atoms with Crippen LogP contribution in [-0.4, -0.2) is 42.5 Å². The van der Waals surface area contributed by atoms with Gasteiger partial charge >= 0.3 is 6.03 Å². The molecule has 0 bridgehead atoms. The molecule has 5 heteroatoms. The van der Waals surface area contributed by atoms with Crippen molar-refractivity contribution in [1.82, 2.24) is 10.6 Å². The van der Waals surface area contributed by atoms with Crippen molar-refractivity contribution in [3.63, 3.8) is 0 Å². The molecule has 5 nitrogen and oxygen atoms in total. The standard InChI is InChI=1S/C18H32N2O3/c1-18(2)15(13-9-11-23-16(13)18)20-17(22)19-14(8-10-21)12-6-4-3-5-7-12/h12-16,21H,3-11H2,1-2H3,(H2,19,20,22). The van der Waals surface area contributed by atoms with Crippen molar-refractivity contribution >= 4 is 6.03 Å². The van der Waals surface area contributed by atoms with Gasteiger partial charge in [-0.15, -0.1) is 0 Å². The lowest BCUT2D eigenvalue weighted by molar-refractivity contribution is -0.108.